The van der Waals surface area contributed by atoms with Crippen molar-refractivity contribution in [2.24, 2.45) is 0 Å². The highest BCUT2D eigenvalue weighted by Crippen LogP contribution is 2.22. The van der Waals surface area contributed by atoms with Crippen LogP contribution in [0.4, 0.5) is 0 Å². The van der Waals surface area contributed by atoms with Crippen molar-refractivity contribution in [2.45, 2.75) is 6.42 Å². The van der Waals surface area contributed by atoms with E-state index in [9.17, 15) is 10.1 Å². The number of benzene rings is 3. The lowest BCUT2D eigenvalue weighted by Crippen LogP contribution is -2.12. The van der Waals surface area contributed by atoms with Crippen LogP contribution in [0.2, 0.25) is 5.02 Å². The molecule has 0 bridgehead atoms. The van der Waals surface area contributed by atoms with Gasteiger partial charge in [-0.1, -0.05) is 54.1 Å². The Labute approximate surface area is 174 Å². The van der Waals surface area contributed by atoms with Crippen molar-refractivity contribution < 1.29 is 14.3 Å². The molecule has 0 heterocycles. The molecule has 0 saturated heterocycles. The number of nitrogens with zero attached hydrogens (tertiary/aromatic N) is 1. The maximum Gasteiger partial charge on any atom is 0.314 e. The number of carbonyl (C=O) groups is 1. The van der Waals surface area contributed by atoms with E-state index in [0.717, 1.165) is 11.1 Å². The molecule has 4 nitrogen and oxygen atoms in total. The molecule has 0 aromatic heterocycles. The number of esters is 1. The Morgan fingerprint density at radius 1 is 0.966 bits per heavy atom. The summed E-state index contributed by atoms with van der Waals surface area (Å²) in [4.78, 5) is 12.1. The van der Waals surface area contributed by atoms with Crippen LogP contribution in [0.15, 0.2) is 78.9 Å². The third kappa shape index (κ3) is 6.24. The summed E-state index contributed by atoms with van der Waals surface area (Å²) in [5.74, 6) is 0.732. The fourth-order valence-electron chi connectivity index (χ4n) is 2.60. The second kappa shape index (κ2) is 10.1. The SMILES string of the molecule is N#C/C(=C/c1cccc(OC(=O)CCOc2ccccc2)c1)c1ccc(Cl)cc1. The zero-order valence-electron chi connectivity index (χ0n) is 15.5. The molecule has 5 heteroatoms. The maximum absolute atomic E-state index is 12.1. The first-order valence-corrected chi connectivity index (χ1v) is 9.38. The minimum absolute atomic E-state index is 0.128. The van der Waals surface area contributed by atoms with Crippen LogP contribution in [0.1, 0.15) is 17.5 Å². The molecule has 3 aromatic carbocycles. The summed E-state index contributed by atoms with van der Waals surface area (Å²) < 4.78 is 10.9. The lowest BCUT2D eigenvalue weighted by Gasteiger charge is -2.07. The first-order chi connectivity index (χ1) is 14.1. The Balaban J connectivity index is 1.62. The highest BCUT2D eigenvalue weighted by Gasteiger charge is 2.07. The summed E-state index contributed by atoms with van der Waals surface area (Å²) in [6, 6.07) is 25.5. The fraction of sp³-hybridized carbons (Fsp3) is 0.0833. The van der Waals surface area contributed by atoms with Gasteiger partial charge < -0.3 is 9.47 Å². The van der Waals surface area contributed by atoms with Gasteiger partial charge in [0.05, 0.1) is 24.7 Å². The number of allylic oxidation sites excluding steroid dienone is 1. The van der Waals surface area contributed by atoms with E-state index < -0.39 is 0 Å². The van der Waals surface area contributed by atoms with Crippen molar-refractivity contribution in [1.82, 2.24) is 0 Å². The molecule has 0 aliphatic carbocycles. The van der Waals surface area contributed by atoms with Gasteiger partial charge in [0, 0.05) is 5.02 Å². The lowest BCUT2D eigenvalue weighted by molar-refractivity contribution is -0.134. The second-order valence-electron chi connectivity index (χ2n) is 6.13. The predicted molar refractivity (Wildman–Crippen MR) is 114 cm³/mol. The molecule has 0 fully saturated rings. The average molecular weight is 404 g/mol. The number of hydrogen-bond donors (Lipinski definition) is 0. The van der Waals surface area contributed by atoms with Crippen LogP contribution in [-0.2, 0) is 4.79 Å². The molecule has 3 aromatic rings. The molecular weight excluding hydrogens is 386 g/mol. The van der Waals surface area contributed by atoms with Crippen LogP contribution in [0.25, 0.3) is 11.6 Å². The van der Waals surface area contributed by atoms with E-state index in [1.165, 1.54) is 0 Å². The van der Waals surface area contributed by atoms with Crippen LogP contribution < -0.4 is 9.47 Å². The Morgan fingerprint density at radius 2 is 1.69 bits per heavy atom. The molecule has 0 radical (unpaired) electrons. The van der Waals surface area contributed by atoms with E-state index in [0.29, 0.717) is 22.1 Å². The number of hydrogen-bond acceptors (Lipinski definition) is 4. The zero-order chi connectivity index (χ0) is 20.5. The molecule has 0 saturated carbocycles. The number of carbonyl (C=O) groups excluding carboxylic acids is 1. The summed E-state index contributed by atoms with van der Waals surface area (Å²) in [6.45, 7) is 0.234. The predicted octanol–water partition coefficient (Wildman–Crippen LogP) is 5.78. The van der Waals surface area contributed by atoms with Gasteiger partial charge in [-0.15, -0.1) is 0 Å². The molecule has 144 valence electrons. The third-order valence-corrected chi connectivity index (χ3v) is 4.25. The Bertz CT molecular complexity index is 1040. The number of para-hydroxylation sites is 1. The molecule has 0 unspecified atom stereocenters. The molecule has 0 spiro atoms. The monoisotopic (exact) mass is 403 g/mol. The summed E-state index contributed by atoms with van der Waals surface area (Å²) in [5, 5.41) is 10.1. The number of halogens is 1. The van der Waals surface area contributed by atoms with E-state index in [-0.39, 0.29) is 19.0 Å². The minimum Gasteiger partial charge on any atom is -0.493 e. The van der Waals surface area contributed by atoms with Gasteiger partial charge in [-0.25, -0.2) is 0 Å². The molecule has 0 amide bonds. The summed E-state index contributed by atoms with van der Waals surface area (Å²) in [7, 11) is 0. The number of rotatable bonds is 7. The van der Waals surface area contributed by atoms with Crippen LogP contribution in [0.5, 0.6) is 11.5 Å². The van der Waals surface area contributed by atoms with Gasteiger partial charge in [-0.05, 0) is 53.6 Å². The molecule has 0 N–H and O–H groups in total. The van der Waals surface area contributed by atoms with E-state index in [1.54, 1.807) is 48.5 Å². The average Bonchev–Trinajstić information content (AvgIpc) is 2.74. The first kappa shape index (κ1) is 20.2. The molecule has 0 aliphatic rings. The zero-order valence-corrected chi connectivity index (χ0v) is 16.3. The van der Waals surface area contributed by atoms with Crippen molar-refractivity contribution in [2.75, 3.05) is 6.61 Å². The van der Waals surface area contributed by atoms with E-state index in [4.69, 9.17) is 21.1 Å². The van der Waals surface area contributed by atoms with Crippen LogP contribution in [0.3, 0.4) is 0 Å². The quantitative estimate of drug-likeness (QED) is 0.217. The number of ether oxygens (including phenoxy) is 2. The van der Waals surface area contributed by atoms with Crippen LogP contribution >= 0.6 is 11.6 Å². The lowest BCUT2D eigenvalue weighted by atomic mass is 10.0. The van der Waals surface area contributed by atoms with Crippen LogP contribution in [-0.4, -0.2) is 12.6 Å². The number of nitriles is 1. The van der Waals surface area contributed by atoms with E-state index >= 15 is 0 Å². The van der Waals surface area contributed by atoms with Crippen molar-refractivity contribution in [3.05, 3.63) is 95.0 Å². The standard InChI is InChI=1S/C24H18ClNO3/c25-21-11-9-19(10-12-21)20(17-26)15-18-5-4-8-23(16-18)29-24(27)13-14-28-22-6-2-1-3-7-22/h1-12,15-16H,13-14H2/b20-15-. The summed E-state index contributed by atoms with van der Waals surface area (Å²) >= 11 is 5.90. The van der Waals surface area contributed by atoms with Crippen molar-refractivity contribution >= 4 is 29.2 Å². The normalized spacial score (nSPS) is 10.8. The van der Waals surface area contributed by atoms with Gasteiger partial charge in [0.2, 0.25) is 0 Å². The summed E-state index contributed by atoms with van der Waals surface area (Å²) in [5.41, 5.74) is 2.00. The topological polar surface area (TPSA) is 59.3 Å². The van der Waals surface area contributed by atoms with Crippen molar-refractivity contribution in [1.29, 1.82) is 5.26 Å². The third-order valence-electron chi connectivity index (χ3n) is 3.99. The van der Waals surface area contributed by atoms with Gasteiger partial charge in [0.1, 0.15) is 11.5 Å². The molecule has 0 atom stereocenters. The van der Waals surface area contributed by atoms with E-state index in [2.05, 4.69) is 6.07 Å². The highest BCUT2D eigenvalue weighted by atomic mass is 35.5. The minimum atomic E-state index is -0.389. The van der Waals surface area contributed by atoms with Gasteiger partial charge in [0.15, 0.2) is 0 Å². The smallest absolute Gasteiger partial charge is 0.314 e. The molecule has 0 aliphatic heterocycles. The molecule has 29 heavy (non-hydrogen) atoms. The highest BCUT2D eigenvalue weighted by molar-refractivity contribution is 6.30. The molecule has 3 rings (SSSR count). The Kier molecular flexibility index (Phi) is 7.05. The van der Waals surface area contributed by atoms with Gasteiger partial charge >= 0.3 is 5.97 Å². The Morgan fingerprint density at radius 3 is 2.41 bits per heavy atom. The maximum atomic E-state index is 12.1. The van der Waals surface area contributed by atoms with E-state index in [1.807, 2.05) is 36.4 Å². The van der Waals surface area contributed by atoms with Gasteiger partial charge in [-0.3, -0.25) is 4.79 Å². The van der Waals surface area contributed by atoms with Gasteiger partial charge in [-0.2, -0.15) is 5.26 Å². The fourth-order valence-corrected chi connectivity index (χ4v) is 2.72. The first-order valence-electron chi connectivity index (χ1n) is 9.00. The largest absolute Gasteiger partial charge is 0.493 e. The van der Waals surface area contributed by atoms with Crippen LogP contribution in [0, 0.1) is 11.3 Å². The van der Waals surface area contributed by atoms with Crippen molar-refractivity contribution in [3.63, 3.8) is 0 Å². The Hall–Kier alpha value is -3.55. The van der Waals surface area contributed by atoms with Crippen molar-refractivity contribution in [3.8, 4) is 17.6 Å². The van der Waals surface area contributed by atoms with Gasteiger partial charge in [0.25, 0.3) is 0 Å². The second-order valence-corrected chi connectivity index (χ2v) is 6.57. The molecular formula is C24H18ClNO3. The summed E-state index contributed by atoms with van der Waals surface area (Å²) in [6.07, 6.45) is 1.86.